The van der Waals surface area contributed by atoms with E-state index in [1.54, 1.807) is 31.0 Å². The van der Waals surface area contributed by atoms with Gasteiger partial charge in [0.15, 0.2) is 17.2 Å². The van der Waals surface area contributed by atoms with Crippen LogP contribution in [0.1, 0.15) is 5.69 Å². The average molecular weight is 306 g/mol. The lowest BCUT2D eigenvalue weighted by atomic mass is 10.1. The van der Waals surface area contributed by atoms with Crippen molar-refractivity contribution < 1.29 is 9.47 Å². The SMILES string of the molecule is COc1ccc(-n2nnc(C#N)c2-c2ccccc2)cc1OC. The Morgan fingerprint density at radius 1 is 1.00 bits per heavy atom. The Morgan fingerprint density at radius 2 is 1.74 bits per heavy atom. The molecule has 0 saturated carbocycles. The molecule has 0 amide bonds. The van der Waals surface area contributed by atoms with E-state index < -0.39 is 0 Å². The van der Waals surface area contributed by atoms with E-state index in [0.717, 1.165) is 11.3 Å². The quantitative estimate of drug-likeness (QED) is 0.741. The number of hydrogen-bond donors (Lipinski definition) is 0. The first kappa shape index (κ1) is 14.6. The fourth-order valence-corrected chi connectivity index (χ4v) is 2.35. The van der Waals surface area contributed by atoms with Gasteiger partial charge in [-0.05, 0) is 12.1 Å². The Balaban J connectivity index is 2.19. The minimum Gasteiger partial charge on any atom is -0.493 e. The number of nitrogens with zero attached hydrogens (tertiary/aromatic N) is 4. The molecule has 0 spiro atoms. The first-order valence-electron chi connectivity index (χ1n) is 6.92. The molecule has 3 aromatic rings. The third-order valence-corrected chi connectivity index (χ3v) is 3.44. The van der Waals surface area contributed by atoms with E-state index in [9.17, 15) is 5.26 Å². The fourth-order valence-electron chi connectivity index (χ4n) is 2.35. The molecule has 23 heavy (non-hydrogen) atoms. The number of ether oxygens (including phenoxy) is 2. The second-order valence-corrected chi connectivity index (χ2v) is 4.72. The van der Waals surface area contributed by atoms with Gasteiger partial charge in [-0.1, -0.05) is 35.5 Å². The second-order valence-electron chi connectivity index (χ2n) is 4.72. The lowest BCUT2D eigenvalue weighted by Gasteiger charge is -2.11. The van der Waals surface area contributed by atoms with E-state index in [1.807, 2.05) is 36.4 Å². The van der Waals surface area contributed by atoms with E-state index in [1.165, 1.54) is 0 Å². The van der Waals surface area contributed by atoms with Gasteiger partial charge >= 0.3 is 0 Å². The largest absolute Gasteiger partial charge is 0.493 e. The van der Waals surface area contributed by atoms with Crippen molar-refractivity contribution in [2.75, 3.05) is 14.2 Å². The zero-order chi connectivity index (χ0) is 16.2. The molecule has 0 radical (unpaired) electrons. The Labute approximate surface area is 133 Å². The Morgan fingerprint density at radius 3 is 2.39 bits per heavy atom. The molecular formula is C17H14N4O2. The fraction of sp³-hybridized carbons (Fsp3) is 0.118. The highest BCUT2D eigenvalue weighted by molar-refractivity contribution is 5.67. The van der Waals surface area contributed by atoms with E-state index in [0.29, 0.717) is 17.2 Å². The summed E-state index contributed by atoms with van der Waals surface area (Å²) in [5.41, 5.74) is 2.51. The summed E-state index contributed by atoms with van der Waals surface area (Å²) in [6.45, 7) is 0. The van der Waals surface area contributed by atoms with Crippen molar-refractivity contribution in [1.29, 1.82) is 5.26 Å². The van der Waals surface area contributed by atoms with Gasteiger partial charge in [-0.15, -0.1) is 5.10 Å². The highest BCUT2D eigenvalue weighted by atomic mass is 16.5. The third kappa shape index (κ3) is 2.60. The lowest BCUT2D eigenvalue weighted by Crippen LogP contribution is -2.01. The zero-order valence-corrected chi connectivity index (χ0v) is 12.7. The van der Waals surface area contributed by atoms with Gasteiger partial charge in [-0.3, -0.25) is 0 Å². The molecule has 0 aliphatic rings. The van der Waals surface area contributed by atoms with Crippen LogP contribution in [-0.2, 0) is 0 Å². The van der Waals surface area contributed by atoms with Crippen LogP contribution in [0, 0.1) is 11.3 Å². The van der Waals surface area contributed by atoms with Gasteiger partial charge in [-0.25, -0.2) is 4.68 Å². The number of rotatable bonds is 4. The van der Waals surface area contributed by atoms with Crippen LogP contribution in [0.2, 0.25) is 0 Å². The van der Waals surface area contributed by atoms with Crippen molar-refractivity contribution >= 4 is 0 Å². The summed E-state index contributed by atoms with van der Waals surface area (Å²) in [5, 5.41) is 17.4. The molecule has 0 N–H and O–H groups in total. The molecule has 6 heteroatoms. The second kappa shape index (κ2) is 6.20. The summed E-state index contributed by atoms with van der Waals surface area (Å²) >= 11 is 0. The van der Waals surface area contributed by atoms with Crippen LogP contribution in [0.3, 0.4) is 0 Å². The van der Waals surface area contributed by atoms with Crippen molar-refractivity contribution in [2.45, 2.75) is 0 Å². The molecule has 0 unspecified atom stereocenters. The average Bonchev–Trinajstić information content (AvgIpc) is 3.05. The lowest BCUT2D eigenvalue weighted by molar-refractivity contribution is 0.354. The van der Waals surface area contributed by atoms with E-state index >= 15 is 0 Å². The van der Waals surface area contributed by atoms with Crippen LogP contribution in [0.25, 0.3) is 16.9 Å². The van der Waals surface area contributed by atoms with Crippen molar-refractivity contribution in [2.24, 2.45) is 0 Å². The number of methoxy groups -OCH3 is 2. The van der Waals surface area contributed by atoms with Crippen LogP contribution >= 0.6 is 0 Å². The maximum Gasteiger partial charge on any atom is 0.191 e. The van der Waals surface area contributed by atoms with Gasteiger partial charge in [0.2, 0.25) is 0 Å². The molecule has 0 aliphatic heterocycles. The highest BCUT2D eigenvalue weighted by Gasteiger charge is 2.17. The van der Waals surface area contributed by atoms with Gasteiger partial charge in [0.1, 0.15) is 11.8 Å². The van der Waals surface area contributed by atoms with Crippen LogP contribution in [-0.4, -0.2) is 29.2 Å². The van der Waals surface area contributed by atoms with Crippen LogP contribution < -0.4 is 9.47 Å². The van der Waals surface area contributed by atoms with Gasteiger partial charge in [-0.2, -0.15) is 5.26 Å². The van der Waals surface area contributed by atoms with Crippen molar-refractivity contribution in [3.63, 3.8) is 0 Å². The van der Waals surface area contributed by atoms with Crippen LogP contribution in [0.4, 0.5) is 0 Å². The minimum absolute atomic E-state index is 0.269. The van der Waals surface area contributed by atoms with Crippen LogP contribution in [0.15, 0.2) is 48.5 Å². The summed E-state index contributed by atoms with van der Waals surface area (Å²) < 4.78 is 12.2. The smallest absolute Gasteiger partial charge is 0.191 e. The third-order valence-electron chi connectivity index (χ3n) is 3.44. The molecule has 1 aromatic heterocycles. The van der Waals surface area contributed by atoms with Crippen molar-refractivity contribution in [3.05, 3.63) is 54.2 Å². The van der Waals surface area contributed by atoms with E-state index in [2.05, 4.69) is 16.4 Å². The summed E-state index contributed by atoms with van der Waals surface area (Å²) in [7, 11) is 3.15. The van der Waals surface area contributed by atoms with Crippen molar-refractivity contribution in [3.8, 4) is 34.5 Å². The molecule has 0 atom stereocenters. The molecule has 6 nitrogen and oxygen atoms in total. The van der Waals surface area contributed by atoms with Crippen molar-refractivity contribution in [1.82, 2.24) is 15.0 Å². The monoisotopic (exact) mass is 306 g/mol. The van der Waals surface area contributed by atoms with Gasteiger partial charge in [0.05, 0.1) is 19.9 Å². The zero-order valence-electron chi connectivity index (χ0n) is 12.7. The summed E-state index contributed by atoms with van der Waals surface area (Å²) in [6, 6.07) is 17.1. The predicted molar refractivity (Wildman–Crippen MR) is 84.6 cm³/mol. The maximum absolute atomic E-state index is 9.31. The number of aromatic nitrogens is 3. The molecule has 3 rings (SSSR count). The number of hydrogen-bond acceptors (Lipinski definition) is 5. The number of benzene rings is 2. The summed E-state index contributed by atoms with van der Waals surface area (Å²) in [4.78, 5) is 0. The van der Waals surface area contributed by atoms with Gasteiger partial charge in [0.25, 0.3) is 0 Å². The predicted octanol–water partition coefficient (Wildman–Crippen LogP) is 2.82. The molecule has 0 fully saturated rings. The molecule has 0 saturated heterocycles. The maximum atomic E-state index is 9.31. The Bertz CT molecular complexity index is 866. The molecule has 0 aliphatic carbocycles. The summed E-state index contributed by atoms with van der Waals surface area (Å²) in [6.07, 6.45) is 0. The minimum atomic E-state index is 0.269. The molecule has 114 valence electrons. The number of nitriles is 1. The van der Waals surface area contributed by atoms with E-state index in [4.69, 9.17) is 9.47 Å². The van der Waals surface area contributed by atoms with Gasteiger partial charge in [0, 0.05) is 11.6 Å². The normalized spacial score (nSPS) is 10.1. The topological polar surface area (TPSA) is 73.0 Å². The highest BCUT2D eigenvalue weighted by Crippen LogP contribution is 2.31. The van der Waals surface area contributed by atoms with Crippen LogP contribution in [0.5, 0.6) is 11.5 Å². The Hall–Kier alpha value is -3.33. The van der Waals surface area contributed by atoms with Gasteiger partial charge < -0.3 is 9.47 Å². The first-order chi connectivity index (χ1) is 11.3. The molecule has 2 aromatic carbocycles. The first-order valence-corrected chi connectivity index (χ1v) is 6.92. The Kier molecular flexibility index (Phi) is 3.93. The summed E-state index contributed by atoms with van der Waals surface area (Å²) in [5.74, 6) is 1.20. The molecular weight excluding hydrogens is 292 g/mol. The molecule has 1 heterocycles. The van der Waals surface area contributed by atoms with E-state index in [-0.39, 0.29) is 5.69 Å². The standard InChI is InChI=1S/C17H14N4O2/c1-22-15-9-8-13(10-16(15)23-2)21-17(14(11-18)19-20-21)12-6-4-3-5-7-12/h3-10H,1-2H3. The molecule has 0 bridgehead atoms.